The zero-order valence-corrected chi connectivity index (χ0v) is 7.28. The third kappa shape index (κ3) is 1.80. The van der Waals surface area contributed by atoms with E-state index in [0.717, 1.165) is 0 Å². The van der Waals surface area contributed by atoms with Crippen LogP contribution in [0, 0.1) is 5.92 Å². The van der Waals surface area contributed by atoms with Gasteiger partial charge in [-0.05, 0) is 6.92 Å². The molecule has 0 aliphatic carbocycles. The van der Waals surface area contributed by atoms with Gasteiger partial charge in [0, 0.05) is 6.20 Å². The minimum absolute atomic E-state index is 0.588. The molecule has 2 unspecified atom stereocenters. The maximum atomic E-state index is 10.5. The number of aromatic nitrogens is 1. The zero-order valence-electron chi connectivity index (χ0n) is 6.47. The topological polar surface area (TPSA) is 70.4 Å². The summed E-state index contributed by atoms with van der Waals surface area (Å²) in [6, 6.07) is 0. The van der Waals surface area contributed by atoms with Crippen molar-refractivity contribution in [3.63, 3.8) is 0 Å². The summed E-state index contributed by atoms with van der Waals surface area (Å²) in [6.45, 7) is 1.46. The fourth-order valence-corrected chi connectivity index (χ4v) is 1.46. The molecule has 0 aromatic carbocycles. The van der Waals surface area contributed by atoms with Crippen molar-refractivity contribution in [2.75, 3.05) is 0 Å². The maximum absolute atomic E-state index is 10.5. The zero-order chi connectivity index (χ0) is 9.14. The molecule has 2 atom stereocenters. The second kappa shape index (κ2) is 3.64. The first kappa shape index (κ1) is 9.15. The lowest BCUT2D eigenvalue weighted by Gasteiger charge is -2.11. The third-order valence-corrected chi connectivity index (χ3v) is 2.45. The number of nitrogens with zero attached hydrogens (tertiary/aromatic N) is 1. The van der Waals surface area contributed by atoms with Gasteiger partial charge in [0.25, 0.3) is 0 Å². The highest BCUT2D eigenvalue weighted by molar-refractivity contribution is 7.09. The molecule has 0 bridgehead atoms. The first-order valence-corrected chi connectivity index (χ1v) is 4.30. The van der Waals surface area contributed by atoms with Crippen molar-refractivity contribution < 1.29 is 15.0 Å². The summed E-state index contributed by atoms with van der Waals surface area (Å²) in [5, 5.41) is 18.0. The van der Waals surface area contributed by atoms with Crippen molar-refractivity contribution in [2.45, 2.75) is 13.0 Å². The van der Waals surface area contributed by atoms with Crippen LogP contribution in [-0.2, 0) is 4.79 Å². The molecule has 0 saturated heterocycles. The van der Waals surface area contributed by atoms with Crippen LogP contribution in [0.5, 0.6) is 0 Å². The van der Waals surface area contributed by atoms with E-state index in [-0.39, 0.29) is 0 Å². The molecule has 1 rings (SSSR count). The predicted octanol–water partition coefficient (Wildman–Crippen LogP) is 0.897. The highest BCUT2D eigenvalue weighted by Crippen LogP contribution is 2.24. The Kier molecular flexibility index (Phi) is 2.78. The van der Waals surface area contributed by atoms with Crippen molar-refractivity contribution in [3.05, 3.63) is 16.6 Å². The van der Waals surface area contributed by atoms with Gasteiger partial charge in [0.1, 0.15) is 6.10 Å². The van der Waals surface area contributed by atoms with Crippen LogP contribution in [0.3, 0.4) is 0 Å². The van der Waals surface area contributed by atoms with E-state index in [4.69, 9.17) is 5.11 Å². The van der Waals surface area contributed by atoms with Gasteiger partial charge in [0.15, 0.2) is 0 Å². The molecular formula is C7H9NO3S. The summed E-state index contributed by atoms with van der Waals surface area (Å²) in [4.78, 5) is 14.8. The second-order valence-electron chi connectivity index (χ2n) is 2.48. The lowest BCUT2D eigenvalue weighted by Crippen LogP contribution is -2.17. The van der Waals surface area contributed by atoms with Crippen LogP contribution in [0.2, 0.25) is 0 Å². The smallest absolute Gasteiger partial charge is 0.309 e. The van der Waals surface area contributed by atoms with Gasteiger partial charge in [-0.2, -0.15) is 0 Å². The number of hydrogen-bond donors (Lipinski definition) is 2. The average molecular weight is 187 g/mol. The fraction of sp³-hybridized carbons (Fsp3) is 0.429. The van der Waals surface area contributed by atoms with Gasteiger partial charge in [-0.25, -0.2) is 0 Å². The van der Waals surface area contributed by atoms with E-state index in [1.165, 1.54) is 24.5 Å². The van der Waals surface area contributed by atoms with E-state index in [2.05, 4.69) is 4.98 Å². The van der Waals surface area contributed by atoms with Crippen LogP contribution < -0.4 is 0 Å². The molecule has 0 radical (unpaired) electrons. The molecule has 0 fully saturated rings. The fourth-order valence-electron chi connectivity index (χ4n) is 0.753. The van der Waals surface area contributed by atoms with Crippen molar-refractivity contribution in [2.24, 2.45) is 5.92 Å². The number of aliphatic carboxylic acids is 1. The Morgan fingerprint density at radius 2 is 2.42 bits per heavy atom. The predicted molar refractivity (Wildman–Crippen MR) is 43.9 cm³/mol. The average Bonchev–Trinajstić information content (AvgIpc) is 2.53. The lowest BCUT2D eigenvalue weighted by atomic mass is 10.0. The third-order valence-electron chi connectivity index (χ3n) is 1.61. The van der Waals surface area contributed by atoms with E-state index in [9.17, 15) is 9.90 Å². The molecule has 0 spiro atoms. The Morgan fingerprint density at radius 3 is 2.83 bits per heavy atom. The van der Waals surface area contributed by atoms with Gasteiger partial charge in [0.05, 0.1) is 16.3 Å². The second-order valence-corrected chi connectivity index (χ2v) is 3.39. The van der Waals surface area contributed by atoms with Crippen LogP contribution in [0.1, 0.15) is 17.9 Å². The summed E-state index contributed by atoms with van der Waals surface area (Å²) >= 11 is 1.25. The molecule has 0 aliphatic heterocycles. The van der Waals surface area contributed by atoms with E-state index in [0.29, 0.717) is 4.88 Å². The van der Waals surface area contributed by atoms with Gasteiger partial charge in [-0.1, -0.05) is 0 Å². The van der Waals surface area contributed by atoms with E-state index in [1.807, 2.05) is 0 Å². The first-order chi connectivity index (χ1) is 5.63. The van der Waals surface area contributed by atoms with Crippen molar-refractivity contribution in [3.8, 4) is 0 Å². The molecule has 66 valence electrons. The number of thiazole rings is 1. The lowest BCUT2D eigenvalue weighted by molar-refractivity contribution is -0.144. The largest absolute Gasteiger partial charge is 0.481 e. The van der Waals surface area contributed by atoms with Crippen LogP contribution in [0.15, 0.2) is 11.7 Å². The minimum Gasteiger partial charge on any atom is -0.481 e. The van der Waals surface area contributed by atoms with Crippen LogP contribution in [0.4, 0.5) is 0 Å². The number of carboxylic acids is 1. The summed E-state index contributed by atoms with van der Waals surface area (Å²) < 4.78 is 0. The van der Waals surface area contributed by atoms with E-state index < -0.39 is 18.0 Å². The normalized spacial score (nSPS) is 15.5. The Balaban J connectivity index is 2.71. The van der Waals surface area contributed by atoms with Gasteiger partial charge in [-0.15, -0.1) is 11.3 Å². The number of carbonyl (C=O) groups is 1. The van der Waals surface area contributed by atoms with Gasteiger partial charge < -0.3 is 10.2 Å². The highest BCUT2D eigenvalue weighted by Gasteiger charge is 2.23. The van der Waals surface area contributed by atoms with Crippen LogP contribution in [-0.4, -0.2) is 21.2 Å². The highest BCUT2D eigenvalue weighted by atomic mass is 32.1. The number of rotatable bonds is 3. The van der Waals surface area contributed by atoms with E-state index >= 15 is 0 Å². The van der Waals surface area contributed by atoms with Gasteiger partial charge in [0.2, 0.25) is 0 Å². The Morgan fingerprint density at radius 1 is 1.75 bits per heavy atom. The molecule has 2 N–H and O–H groups in total. The van der Waals surface area contributed by atoms with E-state index in [1.54, 1.807) is 5.51 Å². The monoisotopic (exact) mass is 187 g/mol. The first-order valence-electron chi connectivity index (χ1n) is 3.42. The summed E-state index contributed by atoms with van der Waals surface area (Å²) in [7, 11) is 0. The molecule has 4 nitrogen and oxygen atoms in total. The van der Waals surface area contributed by atoms with Crippen LogP contribution >= 0.6 is 11.3 Å². The molecule has 0 aliphatic rings. The maximum Gasteiger partial charge on any atom is 0.309 e. The summed E-state index contributed by atoms with van der Waals surface area (Å²) in [5.41, 5.74) is 1.56. The number of carboxylic acid groups (broad SMARTS) is 1. The summed E-state index contributed by atoms with van der Waals surface area (Å²) in [6.07, 6.45) is 0.532. The molecule has 5 heteroatoms. The molecule has 1 heterocycles. The summed E-state index contributed by atoms with van der Waals surface area (Å²) in [5.74, 6) is -1.79. The number of aliphatic hydroxyl groups excluding tert-OH is 1. The Labute approximate surface area is 73.5 Å². The molecule has 1 aromatic rings. The van der Waals surface area contributed by atoms with Crippen LogP contribution in [0.25, 0.3) is 0 Å². The molecule has 12 heavy (non-hydrogen) atoms. The Bertz CT molecular complexity index is 260. The SMILES string of the molecule is CC(C(=O)O)C(O)c1cncs1. The molecule has 0 amide bonds. The van der Waals surface area contributed by atoms with Gasteiger partial charge >= 0.3 is 5.97 Å². The molecular weight excluding hydrogens is 178 g/mol. The number of aliphatic hydroxyl groups is 1. The molecule has 1 aromatic heterocycles. The Hall–Kier alpha value is -0.940. The van der Waals surface area contributed by atoms with Crippen molar-refractivity contribution in [1.29, 1.82) is 0 Å². The number of hydrogen-bond acceptors (Lipinski definition) is 4. The quantitative estimate of drug-likeness (QED) is 0.737. The minimum atomic E-state index is -1.00. The van der Waals surface area contributed by atoms with Gasteiger partial charge in [-0.3, -0.25) is 9.78 Å². The van der Waals surface area contributed by atoms with Crippen molar-refractivity contribution in [1.82, 2.24) is 4.98 Å². The standard InChI is InChI=1S/C7H9NO3S/c1-4(7(10)11)6(9)5-2-8-3-12-5/h2-4,6,9H,1H3,(H,10,11). The molecule has 0 saturated carbocycles. The van der Waals surface area contributed by atoms with Crippen molar-refractivity contribution >= 4 is 17.3 Å².